The lowest BCUT2D eigenvalue weighted by atomic mass is 10.1. The first-order valence-corrected chi connectivity index (χ1v) is 11.2. The molecule has 166 valence electrons. The molecule has 3 aromatic carbocycles. The Bertz CT molecular complexity index is 1300. The molecule has 0 saturated heterocycles. The second kappa shape index (κ2) is 9.67. The van der Waals surface area contributed by atoms with Crippen LogP contribution in [-0.4, -0.2) is 23.9 Å². The van der Waals surface area contributed by atoms with Crippen molar-refractivity contribution in [1.82, 2.24) is 4.98 Å². The molecule has 2 N–H and O–H groups in total. The number of methoxy groups -OCH3 is 1. The van der Waals surface area contributed by atoms with Crippen molar-refractivity contribution in [3.05, 3.63) is 94.4 Å². The number of aryl methyl sites for hydroxylation is 2. The second-order valence-corrected chi connectivity index (χ2v) is 8.66. The van der Waals surface area contributed by atoms with Crippen LogP contribution in [0.3, 0.4) is 0 Å². The van der Waals surface area contributed by atoms with Crippen LogP contribution in [0.15, 0.2) is 72.8 Å². The fourth-order valence-electron chi connectivity index (χ4n) is 3.32. The molecule has 0 radical (unpaired) electrons. The van der Waals surface area contributed by atoms with E-state index in [2.05, 4.69) is 15.6 Å². The third-order valence-corrected chi connectivity index (χ3v) is 6.05. The van der Waals surface area contributed by atoms with Crippen molar-refractivity contribution < 1.29 is 14.3 Å². The lowest BCUT2D eigenvalue weighted by molar-refractivity contribution is 0.101. The Morgan fingerprint density at radius 2 is 1.55 bits per heavy atom. The highest BCUT2D eigenvalue weighted by Crippen LogP contribution is 2.31. The highest BCUT2D eigenvalue weighted by atomic mass is 32.1. The molecule has 4 rings (SSSR count). The summed E-state index contributed by atoms with van der Waals surface area (Å²) in [6.07, 6.45) is 0. The first-order chi connectivity index (χ1) is 15.9. The number of rotatable bonds is 6. The Hall–Kier alpha value is -3.97. The van der Waals surface area contributed by atoms with E-state index in [0.717, 1.165) is 27.4 Å². The van der Waals surface area contributed by atoms with E-state index < -0.39 is 0 Å². The third-order valence-electron chi connectivity index (χ3n) is 5.16. The maximum atomic E-state index is 12.9. The number of amides is 2. The van der Waals surface area contributed by atoms with Gasteiger partial charge < -0.3 is 10.1 Å². The standard InChI is InChI=1S/C26H23N3O3S/c1-16-9-10-20(15-22(16)27-24(30)19-7-5-4-6-8-19)25(31)29-26-28-23(17(2)33-26)18-11-13-21(32-3)14-12-18/h4-15H,1-3H3,(H,27,30)(H,28,29,31). The predicted octanol–water partition coefficient (Wildman–Crippen LogP) is 5.94. The third kappa shape index (κ3) is 5.10. The number of anilines is 2. The monoisotopic (exact) mass is 457 g/mol. The molecule has 0 saturated carbocycles. The maximum Gasteiger partial charge on any atom is 0.257 e. The van der Waals surface area contributed by atoms with Gasteiger partial charge in [0.05, 0.1) is 12.8 Å². The molecule has 0 fully saturated rings. The number of hydrogen-bond acceptors (Lipinski definition) is 5. The van der Waals surface area contributed by atoms with Gasteiger partial charge in [-0.25, -0.2) is 4.98 Å². The number of aromatic nitrogens is 1. The lowest BCUT2D eigenvalue weighted by Crippen LogP contribution is -2.15. The number of thiazole rings is 1. The Labute approximate surface area is 196 Å². The summed E-state index contributed by atoms with van der Waals surface area (Å²) in [5.41, 5.74) is 4.20. The minimum Gasteiger partial charge on any atom is -0.497 e. The van der Waals surface area contributed by atoms with Crippen molar-refractivity contribution in [3.8, 4) is 17.0 Å². The van der Waals surface area contributed by atoms with Crippen molar-refractivity contribution in [3.63, 3.8) is 0 Å². The summed E-state index contributed by atoms with van der Waals surface area (Å²) in [5, 5.41) is 6.27. The van der Waals surface area contributed by atoms with E-state index in [1.807, 2.05) is 62.4 Å². The van der Waals surface area contributed by atoms with Crippen LogP contribution in [0.2, 0.25) is 0 Å². The van der Waals surface area contributed by atoms with Gasteiger partial charge in [-0.15, -0.1) is 11.3 Å². The van der Waals surface area contributed by atoms with E-state index in [1.165, 1.54) is 11.3 Å². The molecule has 0 aliphatic rings. The molecule has 1 aromatic heterocycles. The largest absolute Gasteiger partial charge is 0.497 e. The number of nitrogens with zero attached hydrogens (tertiary/aromatic N) is 1. The predicted molar refractivity (Wildman–Crippen MR) is 132 cm³/mol. The van der Waals surface area contributed by atoms with Crippen LogP contribution in [0, 0.1) is 13.8 Å². The van der Waals surface area contributed by atoms with E-state index in [1.54, 1.807) is 31.4 Å². The molecule has 7 heteroatoms. The lowest BCUT2D eigenvalue weighted by Gasteiger charge is -2.10. The summed E-state index contributed by atoms with van der Waals surface area (Å²) in [6, 6.07) is 21.8. The van der Waals surface area contributed by atoms with Gasteiger partial charge >= 0.3 is 0 Å². The first-order valence-electron chi connectivity index (χ1n) is 10.3. The molecule has 6 nitrogen and oxygen atoms in total. The van der Waals surface area contributed by atoms with Gasteiger partial charge in [-0.1, -0.05) is 24.3 Å². The zero-order valence-corrected chi connectivity index (χ0v) is 19.3. The van der Waals surface area contributed by atoms with Crippen LogP contribution in [0.4, 0.5) is 10.8 Å². The van der Waals surface area contributed by atoms with Crippen molar-refractivity contribution in [2.24, 2.45) is 0 Å². The summed E-state index contributed by atoms with van der Waals surface area (Å²) in [7, 11) is 1.63. The average Bonchev–Trinajstić information content (AvgIpc) is 3.20. The molecule has 4 aromatic rings. The van der Waals surface area contributed by atoms with Crippen LogP contribution >= 0.6 is 11.3 Å². The molecule has 0 aliphatic heterocycles. The van der Waals surface area contributed by atoms with E-state index in [0.29, 0.717) is 21.9 Å². The summed E-state index contributed by atoms with van der Waals surface area (Å²) < 4.78 is 5.21. The number of hydrogen-bond donors (Lipinski definition) is 2. The topological polar surface area (TPSA) is 80.3 Å². The van der Waals surface area contributed by atoms with Crippen LogP contribution in [-0.2, 0) is 0 Å². The summed E-state index contributed by atoms with van der Waals surface area (Å²) in [6.45, 7) is 3.85. The normalized spacial score (nSPS) is 10.5. The second-order valence-electron chi connectivity index (χ2n) is 7.46. The van der Waals surface area contributed by atoms with Gasteiger partial charge in [-0.2, -0.15) is 0 Å². The maximum absolute atomic E-state index is 12.9. The number of benzene rings is 3. The van der Waals surface area contributed by atoms with Gasteiger partial charge in [-0.3, -0.25) is 14.9 Å². The molecule has 0 spiro atoms. The Morgan fingerprint density at radius 1 is 0.848 bits per heavy atom. The van der Waals surface area contributed by atoms with Crippen LogP contribution in [0.5, 0.6) is 5.75 Å². The zero-order valence-electron chi connectivity index (χ0n) is 18.5. The minimum atomic E-state index is -0.291. The van der Waals surface area contributed by atoms with Gasteiger partial charge in [0.2, 0.25) is 0 Å². The summed E-state index contributed by atoms with van der Waals surface area (Å²) >= 11 is 1.41. The van der Waals surface area contributed by atoms with Gasteiger partial charge in [0, 0.05) is 27.3 Å². The number of carbonyl (C=O) groups excluding carboxylic acids is 2. The highest BCUT2D eigenvalue weighted by molar-refractivity contribution is 7.16. The van der Waals surface area contributed by atoms with Crippen LogP contribution < -0.4 is 15.4 Å². The molecule has 2 amide bonds. The van der Waals surface area contributed by atoms with Crippen molar-refractivity contribution in [2.75, 3.05) is 17.7 Å². The SMILES string of the molecule is COc1ccc(-c2nc(NC(=O)c3ccc(C)c(NC(=O)c4ccccc4)c3)sc2C)cc1. The number of nitrogens with one attached hydrogen (secondary N) is 2. The summed E-state index contributed by atoms with van der Waals surface area (Å²) in [4.78, 5) is 31.0. The molecule has 0 aliphatic carbocycles. The number of ether oxygens (including phenoxy) is 1. The van der Waals surface area contributed by atoms with Crippen LogP contribution in [0.1, 0.15) is 31.2 Å². The van der Waals surface area contributed by atoms with E-state index >= 15 is 0 Å². The molecule has 0 bridgehead atoms. The molecule has 0 atom stereocenters. The molecule has 1 heterocycles. The van der Waals surface area contributed by atoms with Gasteiger partial charge in [0.25, 0.3) is 11.8 Å². The zero-order chi connectivity index (χ0) is 23.4. The van der Waals surface area contributed by atoms with Gasteiger partial charge in [0.1, 0.15) is 5.75 Å². The molecular formula is C26H23N3O3S. The molecule has 33 heavy (non-hydrogen) atoms. The van der Waals surface area contributed by atoms with Gasteiger partial charge in [-0.05, 0) is 67.9 Å². The van der Waals surface area contributed by atoms with Crippen molar-refractivity contribution >= 4 is 34.0 Å². The van der Waals surface area contributed by atoms with E-state index in [4.69, 9.17) is 4.74 Å². The fraction of sp³-hybridized carbons (Fsp3) is 0.115. The highest BCUT2D eigenvalue weighted by Gasteiger charge is 2.15. The minimum absolute atomic E-state index is 0.226. The quantitative estimate of drug-likeness (QED) is 0.375. The fourth-order valence-corrected chi connectivity index (χ4v) is 4.15. The molecule has 0 unspecified atom stereocenters. The molecular weight excluding hydrogens is 434 g/mol. The summed E-state index contributed by atoms with van der Waals surface area (Å²) in [5.74, 6) is 0.255. The van der Waals surface area contributed by atoms with Gasteiger partial charge in [0.15, 0.2) is 5.13 Å². The van der Waals surface area contributed by atoms with Crippen molar-refractivity contribution in [1.29, 1.82) is 0 Å². The number of carbonyl (C=O) groups is 2. The van der Waals surface area contributed by atoms with E-state index in [9.17, 15) is 9.59 Å². The average molecular weight is 458 g/mol. The van der Waals surface area contributed by atoms with Crippen molar-refractivity contribution in [2.45, 2.75) is 13.8 Å². The Balaban J connectivity index is 1.51. The Morgan fingerprint density at radius 3 is 2.24 bits per heavy atom. The van der Waals surface area contributed by atoms with Crippen LogP contribution in [0.25, 0.3) is 11.3 Å². The Kier molecular flexibility index (Phi) is 6.51. The van der Waals surface area contributed by atoms with E-state index in [-0.39, 0.29) is 11.8 Å². The first kappa shape index (κ1) is 22.2. The smallest absolute Gasteiger partial charge is 0.257 e.